The molecule has 0 atom stereocenters. The second-order valence-electron chi connectivity index (χ2n) is 4.81. The van der Waals surface area contributed by atoms with Crippen LogP contribution in [0.4, 0.5) is 0 Å². The normalized spacial score (nSPS) is 10.8. The molecule has 2 aromatic heterocycles. The number of rotatable bonds is 8. The highest BCUT2D eigenvalue weighted by Crippen LogP contribution is 2.18. The van der Waals surface area contributed by atoms with Gasteiger partial charge in [0.15, 0.2) is 6.61 Å². The average molecular weight is 290 g/mol. The molecule has 0 fully saturated rings. The first-order chi connectivity index (χ1) is 10.2. The fourth-order valence-corrected chi connectivity index (χ4v) is 1.87. The zero-order valence-corrected chi connectivity index (χ0v) is 12.8. The molecule has 0 aromatic carbocycles. The number of aromatic nitrogens is 3. The molecule has 0 saturated carbocycles. The van der Waals surface area contributed by atoms with Crippen LogP contribution in [0.2, 0.25) is 0 Å². The predicted octanol–water partition coefficient (Wildman–Crippen LogP) is 2.41. The molecular weight excluding hydrogens is 268 g/mol. The van der Waals surface area contributed by atoms with E-state index in [4.69, 9.17) is 9.15 Å². The third-order valence-electron chi connectivity index (χ3n) is 2.95. The summed E-state index contributed by atoms with van der Waals surface area (Å²) < 4.78 is 11.2. The highest BCUT2D eigenvalue weighted by molar-refractivity contribution is 5.29. The maximum atomic E-state index is 5.77. The molecule has 21 heavy (non-hydrogen) atoms. The molecule has 0 radical (unpaired) electrons. The van der Waals surface area contributed by atoms with E-state index in [0.717, 1.165) is 36.5 Å². The van der Waals surface area contributed by atoms with Crippen molar-refractivity contribution >= 4 is 0 Å². The molecule has 0 bridgehead atoms. The molecule has 114 valence electrons. The van der Waals surface area contributed by atoms with Gasteiger partial charge in [-0.2, -0.15) is 0 Å². The Hall–Kier alpha value is -1.95. The summed E-state index contributed by atoms with van der Waals surface area (Å²) in [6.45, 7) is 7.99. The van der Waals surface area contributed by atoms with Gasteiger partial charge in [0.1, 0.15) is 5.75 Å². The van der Waals surface area contributed by atoms with Crippen LogP contribution in [0, 0.1) is 6.92 Å². The van der Waals surface area contributed by atoms with Crippen LogP contribution in [0.5, 0.6) is 5.75 Å². The molecule has 2 aromatic rings. The van der Waals surface area contributed by atoms with Crippen LogP contribution in [0.3, 0.4) is 0 Å². The van der Waals surface area contributed by atoms with Crippen molar-refractivity contribution in [1.29, 1.82) is 0 Å². The molecule has 0 saturated heterocycles. The van der Waals surface area contributed by atoms with Crippen LogP contribution in [0.1, 0.15) is 43.4 Å². The van der Waals surface area contributed by atoms with Crippen molar-refractivity contribution in [2.45, 2.75) is 46.8 Å². The average Bonchev–Trinajstić information content (AvgIpc) is 2.95. The highest BCUT2D eigenvalue weighted by Gasteiger charge is 2.09. The smallest absolute Gasteiger partial charge is 0.253 e. The quantitative estimate of drug-likeness (QED) is 0.753. The summed E-state index contributed by atoms with van der Waals surface area (Å²) in [5, 5.41) is 11.2. The van der Waals surface area contributed by atoms with Crippen LogP contribution < -0.4 is 10.1 Å². The maximum Gasteiger partial charge on any atom is 0.253 e. The van der Waals surface area contributed by atoms with Gasteiger partial charge in [0, 0.05) is 18.7 Å². The molecule has 0 amide bonds. The number of nitrogens with zero attached hydrogens (tertiary/aromatic N) is 3. The molecule has 0 spiro atoms. The van der Waals surface area contributed by atoms with E-state index in [2.05, 4.69) is 27.4 Å². The molecule has 2 heterocycles. The first-order valence-corrected chi connectivity index (χ1v) is 7.34. The Labute approximate surface area is 124 Å². The number of aryl methyl sites for hydroxylation is 2. The van der Waals surface area contributed by atoms with Gasteiger partial charge in [-0.1, -0.05) is 13.8 Å². The fraction of sp³-hybridized carbons (Fsp3) is 0.533. The molecule has 2 rings (SSSR count). The lowest BCUT2D eigenvalue weighted by Gasteiger charge is -2.10. The van der Waals surface area contributed by atoms with Crippen molar-refractivity contribution in [3.63, 3.8) is 0 Å². The minimum atomic E-state index is 0.262. The van der Waals surface area contributed by atoms with Crippen molar-refractivity contribution in [2.24, 2.45) is 0 Å². The lowest BCUT2D eigenvalue weighted by atomic mass is 10.2. The van der Waals surface area contributed by atoms with Gasteiger partial charge in [0.05, 0.1) is 5.69 Å². The van der Waals surface area contributed by atoms with Crippen molar-refractivity contribution in [3.8, 4) is 5.75 Å². The maximum absolute atomic E-state index is 5.77. The van der Waals surface area contributed by atoms with Crippen LogP contribution in [0.15, 0.2) is 16.5 Å². The van der Waals surface area contributed by atoms with E-state index in [-0.39, 0.29) is 6.61 Å². The summed E-state index contributed by atoms with van der Waals surface area (Å²) in [6.07, 6.45) is 1.81. The van der Waals surface area contributed by atoms with Crippen molar-refractivity contribution in [3.05, 3.63) is 35.3 Å². The summed E-state index contributed by atoms with van der Waals surface area (Å²) in [6, 6.07) is 3.87. The monoisotopic (exact) mass is 290 g/mol. The summed E-state index contributed by atoms with van der Waals surface area (Å²) >= 11 is 0. The number of nitrogens with one attached hydrogen (secondary N) is 1. The Morgan fingerprint density at radius 2 is 2.00 bits per heavy atom. The van der Waals surface area contributed by atoms with Gasteiger partial charge in [0.25, 0.3) is 5.89 Å². The lowest BCUT2D eigenvalue weighted by Crippen LogP contribution is -2.16. The van der Waals surface area contributed by atoms with E-state index in [1.165, 1.54) is 0 Å². The Balaban J connectivity index is 2.00. The molecule has 0 aliphatic carbocycles. The molecule has 0 unspecified atom stereocenters. The zero-order valence-electron chi connectivity index (χ0n) is 12.8. The molecule has 0 aliphatic heterocycles. The highest BCUT2D eigenvalue weighted by atomic mass is 16.5. The Bertz CT molecular complexity index is 569. The third-order valence-corrected chi connectivity index (χ3v) is 2.95. The van der Waals surface area contributed by atoms with Gasteiger partial charge in [-0.15, -0.1) is 10.2 Å². The van der Waals surface area contributed by atoms with Gasteiger partial charge in [0.2, 0.25) is 5.89 Å². The van der Waals surface area contributed by atoms with Gasteiger partial charge in [-0.3, -0.25) is 4.98 Å². The molecule has 0 aliphatic rings. The van der Waals surface area contributed by atoms with E-state index in [1.54, 1.807) is 0 Å². The molecule has 6 nitrogen and oxygen atoms in total. The summed E-state index contributed by atoms with van der Waals surface area (Å²) in [4.78, 5) is 4.52. The van der Waals surface area contributed by atoms with Crippen LogP contribution in [-0.2, 0) is 19.6 Å². The van der Waals surface area contributed by atoms with Gasteiger partial charge in [-0.25, -0.2) is 0 Å². The Morgan fingerprint density at radius 1 is 1.19 bits per heavy atom. The van der Waals surface area contributed by atoms with Crippen molar-refractivity contribution in [2.75, 3.05) is 6.54 Å². The van der Waals surface area contributed by atoms with Crippen molar-refractivity contribution < 1.29 is 9.15 Å². The summed E-state index contributed by atoms with van der Waals surface area (Å²) in [7, 11) is 0. The largest absolute Gasteiger partial charge is 0.482 e. The molecule has 1 N–H and O–H groups in total. The first-order valence-electron chi connectivity index (χ1n) is 7.34. The second-order valence-corrected chi connectivity index (χ2v) is 4.81. The zero-order chi connectivity index (χ0) is 15.1. The van der Waals surface area contributed by atoms with Gasteiger partial charge < -0.3 is 14.5 Å². The minimum absolute atomic E-state index is 0.262. The summed E-state index contributed by atoms with van der Waals surface area (Å²) in [5.74, 6) is 1.86. The Morgan fingerprint density at radius 3 is 2.71 bits per heavy atom. The predicted molar refractivity (Wildman–Crippen MR) is 79.0 cm³/mol. The molecular formula is C15H22N4O2. The number of hydrogen-bond donors (Lipinski definition) is 1. The van der Waals surface area contributed by atoms with Crippen LogP contribution >= 0.6 is 0 Å². The number of ether oxygens (including phenoxy) is 1. The van der Waals surface area contributed by atoms with Crippen LogP contribution in [0.25, 0.3) is 0 Å². The summed E-state index contributed by atoms with van der Waals surface area (Å²) in [5.41, 5.74) is 1.88. The van der Waals surface area contributed by atoms with E-state index in [0.29, 0.717) is 18.3 Å². The molecule has 6 heteroatoms. The first kappa shape index (κ1) is 15.4. The SMILES string of the molecule is CCCNCc1nc(C)ccc1OCc1nnc(CC)o1. The van der Waals surface area contributed by atoms with E-state index in [1.807, 2.05) is 26.0 Å². The fourth-order valence-electron chi connectivity index (χ4n) is 1.87. The third kappa shape index (κ3) is 4.53. The Kier molecular flexibility index (Phi) is 5.68. The van der Waals surface area contributed by atoms with Crippen LogP contribution in [-0.4, -0.2) is 21.7 Å². The van der Waals surface area contributed by atoms with E-state index in [9.17, 15) is 0 Å². The van der Waals surface area contributed by atoms with Gasteiger partial charge >= 0.3 is 0 Å². The van der Waals surface area contributed by atoms with E-state index < -0.39 is 0 Å². The number of pyridine rings is 1. The lowest BCUT2D eigenvalue weighted by molar-refractivity contribution is 0.255. The topological polar surface area (TPSA) is 73.1 Å². The standard InChI is InChI=1S/C15H22N4O2/c1-4-8-16-9-12-13(7-6-11(3)17-12)20-10-15-19-18-14(5-2)21-15/h6-7,16H,4-5,8-10H2,1-3H3. The minimum Gasteiger partial charge on any atom is -0.482 e. The van der Waals surface area contributed by atoms with Crippen molar-refractivity contribution in [1.82, 2.24) is 20.5 Å². The number of hydrogen-bond acceptors (Lipinski definition) is 6. The van der Waals surface area contributed by atoms with E-state index >= 15 is 0 Å². The van der Waals surface area contributed by atoms with Gasteiger partial charge in [-0.05, 0) is 32.0 Å². The second kappa shape index (κ2) is 7.73.